The molecule has 0 radical (unpaired) electrons. The first-order valence-corrected chi connectivity index (χ1v) is 8.91. The lowest BCUT2D eigenvalue weighted by Crippen LogP contribution is -2.37. The molecule has 1 unspecified atom stereocenters. The molecule has 20 heavy (non-hydrogen) atoms. The van der Waals surface area contributed by atoms with Crippen molar-refractivity contribution >= 4 is 33.0 Å². The van der Waals surface area contributed by atoms with E-state index in [0.29, 0.717) is 17.5 Å². The molecule has 0 aromatic carbocycles. The summed E-state index contributed by atoms with van der Waals surface area (Å²) in [4.78, 5) is 0. The molecule has 2 rings (SSSR count). The Morgan fingerprint density at radius 3 is 2.90 bits per heavy atom. The number of hydrogen-bond acceptors (Lipinski definition) is 5. The quantitative estimate of drug-likeness (QED) is 0.801. The second-order valence-corrected chi connectivity index (χ2v) is 8.34. The molecule has 1 atom stereocenters. The van der Waals surface area contributed by atoms with Crippen molar-refractivity contribution in [3.63, 3.8) is 0 Å². The van der Waals surface area contributed by atoms with Gasteiger partial charge in [-0.3, -0.25) is 0 Å². The van der Waals surface area contributed by atoms with E-state index in [1.807, 2.05) is 6.07 Å². The van der Waals surface area contributed by atoms with Crippen LogP contribution < -0.4 is 0 Å². The molecule has 5 nitrogen and oxygen atoms in total. The third-order valence-electron chi connectivity index (χ3n) is 3.05. The lowest BCUT2D eigenvalue weighted by molar-refractivity contribution is 0.0941. The van der Waals surface area contributed by atoms with Gasteiger partial charge in [-0.2, -0.15) is 9.57 Å². The summed E-state index contributed by atoms with van der Waals surface area (Å²) in [7, 11) is -3.60. The number of ether oxygens (including phenoxy) is 1. The number of rotatable bonds is 6. The summed E-state index contributed by atoms with van der Waals surface area (Å²) in [6.07, 6.45) is 1.87. The second kappa shape index (κ2) is 6.87. The smallest absolute Gasteiger partial charge is 0.252 e. The van der Waals surface area contributed by atoms with Gasteiger partial charge in [0.25, 0.3) is 10.0 Å². The van der Waals surface area contributed by atoms with E-state index in [1.165, 1.54) is 10.4 Å². The summed E-state index contributed by atoms with van der Waals surface area (Å²) >= 11 is 6.83. The van der Waals surface area contributed by atoms with E-state index >= 15 is 0 Å². The highest BCUT2D eigenvalue weighted by Crippen LogP contribution is 2.29. The van der Waals surface area contributed by atoms with Crippen LogP contribution in [0.15, 0.2) is 16.3 Å². The summed E-state index contributed by atoms with van der Waals surface area (Å²) in [5, 5.41) is 8.70. The normalized spacial score (nSPS) is 19.4. The van der Waals surface area contributed by atoms with Gasteiger partial charge in [0.15, 0.2) is 0 Å². The molecule has 1 aliphatic heterocycles. The average molecular weight is 335 g/mol. The molecule has 0 saturated carbocycles. The third-order valence-corrected chi connectivity index (χ3v) is 6.61. The SMILES string of the molecule is N#CCCN(CC1CCCO1)S(=O)(=O)c1ccc(Cl)s1. The maximum atomic E-state index is 12.6. The lowest BCUT2D eigenvalue weighted by Gasteiger charge is -2.23. The molecule has 8 heteroatoms. The van der Waals surface area contributed by atoms with Gasteiger partial charge in [-0.25, -0.2) is 8.42 Å². The predicted octanol–water partition coefficient (Wildman–Crippen LogP) is 2.48. The number of nitriles is 1. The van der Waals surface area contributed by atoms with Gasteiger partial charge in [-0.1, -0.05) is 11.6 Å². The van der Waals surface area contributed by atoms with E-state index in [2.05, 4.69) is 0 Å². The minimum Gasteiger partial charge on any atom is -0.377 e. The first kappa shape index (κ1) is 15.7. The number of hydrogen-bond donors (Lipinski definition) is 0. The number of halogens is 1. The van der Waals surface area contributed by atoms with Crippen LogP contribution in [-0.4, -0.2) is 38.5 Å². The first-order valence-electron chi connectivity index (χ1n) is 6.28. The molecule has 2 heterocycles. The van der Waals surface area contributed by atoms with Crippen molar-refractivity contribution in [2.45, 2.75) is 29.6 Å². The molecule has 1 aliphatic rings. The van der Waals surface area contributed by atoms with Gasteiger partial charge in [0.05, 0.1) is 16.5 Å². The van der Waals surface area contributed by atoms with Crippen molar-refractivity contribution in [3.8, 4) is 6.07 Å². The molecule has 1 aromatic rings. The van der Waals surface area contributed by atoms with Crippen LogP contribution >= 0.6 is 22.9 Å². The van der Waals surface area contributed by atoms with E-state index in [-0.39, 0.29) is 23.3 Å². The number of nitrogens with zero attached hydrogens (tertiary/aromatic N) is 2. The molecule has 0 bridgehead atoms. The Labute approximate surface area is 127 Å². The van der Waals surface area contributed by atoms with Crippen LogP contribution in [0.4, 0.5) is 0 Å². The van der Waals surface area contributed by atoms with Crippen LogP contribution in [0.5, 0.6) is 0 Å². The van der Waals surface area contributed by atoms with Gasteiger partial charge in [0, 0.05) is 26.1 Å². The maximum absolute atomic E-state index is 12.6. The lowest BCUT2D eigenvalue weighted by atomic mass is 10.2. The van der Waals surface area contributed by atoms with Crippen LogP contribution in [-0.2, 0) is 14.8 Å². The molecular weight excluding hydrogens is 320 g/mol. The second-order valence-electron chi connectivity index (χ2n) is 4.46. The minimum absolute atomic E-state index is 0.0843. The van der Waals surface area contributed by atoms with Crippen molar-refractivity contribution in [1.29, 1.82) is 5.26 Å². The van der Waals surface area contributed by atoms with Crippen molar-refractivity contribution in [2.24, 2.45) is 0 Å². The number of sulfonamides is 1. The highest BCUT2D eigenvalue weighted by atomic mass is 35.5. The number of thiophene rings is 1. The Kier molecular flexibility index (Phi) is 5.41. The van der Waals surface area contributed by atoms with Gasteiger partial charge in [0.2, 0.25) is 0 Å². The Morgan fingerprint density at radius 2 is 2.35 bits per heavy atom. The van der Waals surface area contributed by atoms with E-state index in [0.717, 1.165) is 24.2 Å². The fraction of sp³-hybridized carbons (Fsp3) is 0.583. The predicted molar refractivity (Wildman–Crippen MR) is 77.3 cm³/mol. The third kappa shape index (κ3) is 3.71. The van der Waals surface area contributed by atoms with Crippen molar-refractivity contribution in [1.82, 2.24) is 4.31 Å². The highest BCUT2D eigenvalue weighted by molar-refractivity contribution is 7.91. The van der Waals surface area contributed by atoms with Crippen molar-refractivity contribution in [3.05, 3.63) is 16.5 Å². The van der Waals surface area contributed by atoms with E-state index in [9.17, 15) is 8.42 Å². The highest BCUT2D eigenvalue weighted by Gasteiger charge is 2.29. The Morgan fingerprint density at radius 1 is 1.55 bits per heavy atom. The Hall–Kier alpha value is -0.650. The molecule has 0 amide bonds. The summed E-state index contributed by atoms with van der Waals surface area (Å²) in [5.41, 5.74) is 0. The zero-order valence-electron chi connectivity index (χ0n) is 10.8. The van der Waals surface area contributed by atoms with Crippen LogP contribution in [0, 0.1) is 11.3 Å². The molecule has 0 N–H and O–H groups in total. The topological polar surface area (TPSA) is 70.4 Å². The maximum Gasteiger partial charge on any atom is 0.252 e. The fourth-order valence-corrected chi connectivity index (χ4v) is 5.17. The van der Waals surface area contributed by atoms with E-state index in [1.54, 1.807) is 6.07 Å². The monoisotopic (exact) mass is 334 g/mol. The zero-order valence-corrected chi connectivity index (χ0v) is 13.2. The van der Waals surface area contributed by atoms with Gasteiger partial charge in [0.1, 0.15) is 4.21 Å². The zero-order chi connectivity index (χ0) is 14.6. The Bertz CT molecular complexity index is 588. The summed E-state index contributed by atoms with van der Waals surface area (Å²) in [5.74, 6) is 0. The van der Waals surface area contributed by atoms with Gasteiger partial charge < -0.3 is 4.74 Å². The largest absolute Gasteiger partial charge is 0.377 e. The van der Waals surface area contributed by atoms with Gasteiger partial charge in [-0.15, -0.1) is 11.3 Å². The van der Waals surface area contributed by atoms with Crippen molar-refractivity contribution < 1.29 is 13.2 Å². The van der Waals surface area contributed by atoms with Crippen LogP contribution in [0.3, 0.4) is 0 Å². The summed E-state index contributed by atoms with van der Waals surface area (Å²) in [6, 6.07) is 5.04. The standard InChI is InChI=1S/C12H15ClN2O3S2/c13-11-4-5-12(19-11)20(16,17)15(7-2-6-14)9-10-3-1-8-18-10/h4-5,10H,1-3,7-9H2. The molecule has 1 fully saturated rings. The van der Waals surface area contributed by atoms with E-state index in [4.69, 9.17) is 21.6 Å². The van der Waals surface area contributed by atoms with Crippen molar-refractivity contribution in [2.75, 3.05) is 19.7 Å². The molecule has 1 aromatic heterocycles. The molecule has 1 saturated heterocycles. The minimum atomic E-state index is -3.60. The summed E-state index contributed by atoms with van der Waals surface area (Å²) < 4.78 is 32.6. The molecule has 0 spiro atoms. The molecular formula is C12H15ClN2O3S2. The van der Waals surface area contributed by atoms with Gasteiger partial charge >= 0.3 is 0 Å². The Balaban J connectivity index is 2.18. The summed E-state index contributed by atoms with van der Waals surface area (Å²) in [6.45, 7) is 1.13. The molecule has 110 valence electrons. The van der Waals surface area contributed by atoms with Crippen LogP contribution in [0.1, 0.15) is 19.3 Å². The van der Waals surface area contributed by atoms with Gasteiger partial charge in [-0.05, 0) is 25.0 Å². The first-order chi connectivity index (χ1) is 9.54. The van der Waals surface area contributed by atoms with E-state index < -0.39 is 10.0 Å². The van der Waals surface area contributed by atoms with Crippen LogP contribution in [0.2, 0.25) is 4.34 Å². The fourth-order valence-electron chi connectivity index (χ4n) is 2.06. The average Bonchev–Trinajstić information content (AvgIpc) is 3.05. The van der Waals surface area contributed by atoms with Crippen LogP contribution in [0.25, 0.3) is 0 Å². The molecule has 0 aliphatic carbocycles.